The lowest BCUT2D eigenvalue weighted by Gasteiger charge is -2.18. The van der Waals surface area contributed by atoms with Crippen LogP contribution in [-0.2, 0) is 12.8 Å². The lowest BCUT2D eigenvalue weighted by Crippen LogP contribution is -2.28. The molecule has 0 aliphatic heterocycles. The summed E-state index contributed by atoms with van der Waals surface area (Å²) in [5.74, 6) is -0.366. The molecular weight excluding hydrogens is 247 g/mol. The highest BCUT2D eigenvalue weighted by Crippen LogP contribution is 2.25. The lowest BCUT2D eigenvalue weighted by molar-refractivity contribution is -0.493. The summed E-state index contributed by atoms with van der Waals surface area (Å²) in [4.78, 5) is 12.4. The van der Waals surface area contributed by atoms with Gasteiger partial charge in [-0.15, -0.1) is 0 Å². The summed E-state index contributed by atoms with van der Waals surface area (Å²) in [6, 6.07) is 5.62. The number of rotatable bonds is 1. The predicted octanol–water partition coefficient (Wildman–Crippen LogP) is 2.35. The minimum absolute atomic E-state index is 0.315. The Balaban J connectivity index is 2.30. The van der Waals surface area contributed by atoms with E-state index in [1.807, 2.05) is 0 Å². The Morgan fingerprint density at radius 3 is 2.63 bits per heavy atom. The van der Waals surface area contributed by atoms with Gasteiger partial charge in [0, 0.05) is 11.3 Å². The van der Waals surface area contributed by atoms with Crippen molar-refractivity contribution in [3.05, 3.63) is 57.3 Å². The molecule has 0 atom stereocenters. The van der Waals surface area contributed by atoms with Crippen LogP contribution in [-0.4, -0.2) is 4.73 Å². The van der Waals surface area contributed by atoms with Crippen molar-refractivity contribution in [1.29, 1.82) is 0 Å². The van der Waals surface area contributed by atoms with Gasteiger partial charge in [-0.3, -0.25) is 0 Å². The smallest absolute Gasteiger partial charge is 0.289 e. The Morgan fingerprint density at radius 2 is 1.95 bits per heavy atom. The first-order chi connectivity index (χ1) is 9.09. The highest BCUT2D eigenvalue weighted by Gasteiger charge is 2.29. The normalized spacial score (nSPS) is 13.6. The molecule has 0 bridgehead atoms. The molecule has 0 spiro atoms. The maximum atomic E-state index is 13.0. The van der Waals surface area contributed by atoms with Gasteiger partial charge in [-0.25, -0.2) is 4.39 Å². The maximum absolute atomic E-state index is 13.0. The van der Waals surface area contributed by atoms with Crippen LogP contribution >= 0.6 is 0 Å². The van der Waals surface area contributed by atoms with Gasteiger partial charge in [0.05, 0.1) is 21.4 Å². The predicted molar refractivity (Wildman–Crippen MR) is 68.7 cm³/mol. The molecule has 2 aromatic rings. The van der Waals surface area contributed by atoms with Crippen LogP contribution in [0, 0.1) is 22.9 Å². The fourth-order valence-corrected chi connectivity index (χ4v) is 2.66. The molecule has 1 heterocycles. The molecule has 98 valence electrons. The molecule has 5 heteroatoms. The first kappa shape index (κ1) is 11.9. The summed E-state index contributed by atoms with van der Waals surface area (Å²) in [5, 5.41) is 12.2. The summed E-state index contributed by atoms with van der Waals surface area (Å²) in [6.45, 7) is 1.62. The number of halogens is 1. The first-order valence-corrected chi connectivity index (χ1v) is 6.23. The van der Waals surface area contributed by atoms with Gasteiger partial charge >= 0.3 is 0 Å². The van der Waals surface area contributed by atoms with E-state index in [9.17, 15) is 14.5 Å². The summed E-state index contributed by atoms with van der Waals surface area (Å²) >= 11 is 0. The summed E-state index contributed by atoms with van der Waals surface area (Å²) in [5.41, 5.74) is 2.35. The van der Waals surface area contributed by atoms with Crippen LogP contribution in [0.2, 0.25) is 0 Å². The van der Waals surface area contributed by atoms with Crippen molar-refractivity contribution in [3.63, 3.8) is 0 Å². The van der Waals surface area contributed by atoms with Gasteiger partial charge in [-0.05, 0) is 44.0 Å². The second-order valence-electron chi connectivity index (χ2n) is 4.78. The van der Waals surface area contributed by atoms with Crippen LogP contribution < -0.4 is 4.43 Å². The molecule has 1 aromatic heterocycles. The van der Waals surface area contributed by atoms with Gasteiger partial charge in [0.1, 0.15) is 5.82 Å². The topological polar surface area (TPSA) is 51.0 Å². The molecule has 0 amide bonds. The highest BCUT2D eigenvalue weighted by atomic mass is 19.1. The van der Waals surface area contributed by atoms with Crippen molar-refractivity contribution in [2.45, 2.75) is 26.2 Å². The second kappa shape index (κ2) is 4.19. The average molecular weight is 260 g/mol. The fourth-order valence-electron chi connectivity index (χ4n) is 2.66. The molecule has 4 nitrogen and oxygen atoms in total. The van der Waals surface area contributed by atoms with Crippen molar-refractivity contribution in [2.24, 2.45) is 0 Å². The average Bonchev–Trinajstić information content (AvgIpc) is 2.88. The van der Waals surface area contributed by atoms with Gasteiger partial charge in [0.2, 0.25) is 0 Å². The molecule has 1 aromatic carbocycles. The monoisotopic (exact) mass is 260 g/mol. The molecule has 19 heavy (non-hydrogen) atoms. The van der Waals surface area contributed by atoms with Crippen molar-refractivity contribution in [2.75, 3.05) is 0 Å². The summed E-state index contributed by atoms with van der Waals surface area (Å²) < 4.78 is 14.6. The van der Waals surface area contributed by atoms with Gasteiger partial charge in [-0.1, -0.05) is 0 Å². The van der Waals surface area contributed by atoms with Crippen LogP contribution in [0.1, 0.15) is 23.5 Å². The summed E-state index contributed by atoms with van der Waals surface area (Å²) in [7, 11) is 0. The van der Waals surface area contributed by atoms with Crippen LogP contribution in [0.25, 0.3) is 11.3 Å². The number of hydrogen-bond donors (Lipinski definition) is 0. The molecule has 0 saturated carbocycles. The highest BCUT2D eigenvalue weighted by molar-refractivity contribution is 5.59. The van der Waals surface area contributed by atoms with Crippen LogP contribution in [0.15, 0.2) is 24.3 Å². The third-order valence-corrected chi connectivity index (χ3v) is 3.62. The SMILES string of the molecule is Cc1c(-c2ccc(F)cc2)[n+](=O)c2c(n1[O-])CCC2. The largest absolute Gasteiger partial charge is 0.805 e. The van der Waals surface area contributed by atoms with Gasteiger partial charge in [-0.2, -0.15) is 0 Å². The Kier molecular flexibility index (Phi) is 2.62. The van der Waals surface area contributed by atoms with E-state index in [-0.39, 0.29) is 5.82 Å². The molecule has 1 aliphatic carbocycles. The molecule has 0 fully saturated rings. The van der Waals surface area contributed by atoms with E-state index in [2.05, 4.69) is 0 Å². The van der Waals surface area contributed by atoms with Crippen molar-refractivity contribution in [3.8, 4) is 11.3 Å². The van der Waals surface area contributed by atoms with E-state index < -0.39 is 0 Å². The Morgan fingerprint density at radius 1 is 1.26 bits per heavy atom. The van der Waals surface area contributed by atoms with E-state index in [0.29, 0.717) is 41.2 Å². The molecule has 1 aliphatic rings. The van der Waals surface area contributed by atoms with E-state index in [1.54, 1.807) is 6.92 Å². The zero-order valence-electron chi connectivity index (χ0n) is 10.5. The number of hydrogen-bond acceptors (Lipinski definition) is 2. The Hall–Kier alpha value is -2.17. The first-order valence-electron chi connectivity index (χ1n) is 6.23. The van der Waals surface area contributed by atoms with E-state index >= 15 is 0 Å². The molecule has 3 rings (SSSR count). The van der Waals surface area contributed by atoms with Crippen molar-refractivity contribution < 1.29 is 8.82 Å². The van der Waals surface area contributed by atoms with Crippen molar-refractivity contribution in [1.82, 2.24) is 4.73 Å². The standard InChI is InChI=1S/C14H13FN2O2/c1-9-14(10-5-7-11(15)8-6-10)17(19)13-4-2-3-12(13)16(9)18/h5-8H,2-4H2,1H3. The quantitative estimate of drug-likeness (QED) is 0.739. The Labute approximate surface area is 109 Å². The number of fused-ring (bicyclic) bond motifs is 1. The van der Waals surface area contributed by atoms with E-state index in [4.69, 9.17) is 0 Å². The minimum atomic E-state index is -0.366. The lowest BCUT2D eigenvalue weighted by atomic mass is 10.1. The maximum Gasteiger partial charge on any atom is 0.289 e. The van der Waals surface area contributed by atoms with Gasteiger partial charge in [0.25, 0.3) is 11.4 Å². The fraction of sp³-hybridized carbons (Fsp3) is 0.286. The molecule has 0 N–H and O–H groups in total. The molecule has 0 unspecified atom stereocenters. The zero-order chi connectivity index (χ0) is 13.6. The molecule has 0 radical (unpaired) electrons. The minimum Gasteiger partial charge on any atom is -0.805 e. The Bertz CT molecular complexity index is 705. The zero-order valence-corrected chi connectivity index (χ0v) is 10.5. The van der Waals surface area contributed by atoms with E-state index in [0.717, 1.165) is 15.6 Å². The van der Waals surface area contributed by atoms with Crippen molar-refractivity contribution >= 4 is 0 Å². The summed E-state index contributed by atoms with van der Waals surface area (Å²) in [6.07, 6.45) is 2.09. The molecule has 0 saturated heterocycles. The van der Waals surface area contributed by atoms with Crippen LogP contribution in [0.5, 0.6) is 0 Å². The third-order valence-electron chi connectivity index (χ3n) is 3.62. The van der Waals surface area contributed by atoms with Crippen LogP contribution in [0.3, 0.4) is 0 Å². The number of benzene rings is 1. The van der Waals surface area contributed by atoms with Gasteiger partial charge < -0.3 is 9.94 Å². The van der Waals surface area contributed by atoms with Crippen LogP contribution in [0.4, 0.5) is 4.39 Å². The third kappa shape index (κ3) is 1.73. The van der Waals surface area contributed by atoms with Gasteiger partial charge in [0.15, 0.2) is 0 Å². The van der Waals surface area contributed by atoms with E-state index in [1.165, 1.54) is 24.3 Å². The second-order valence-corrected chi connectivity index (χ2v) is 4.78. The molecular formula is C14H13FN2O2. The number of nitrogens with zero attached hydrogens (tertiary/aromatic N) is 2. The number of aromatic nitrogens is 2.